The summed E-state index contributed by atoms with van der Waals surface area (Å²) in [6.45, 7) is 2.66. The summed E-state index contributed by atoms with van der Waals surface area (Å²) in [5, 5.41) is 14.6. The van der Waals surface area contributed by atoms with Crippen molar-refractivity contribution in [2.45, 2.75) is 32.6 Å². The number of hydrogen-bond donors (Lipinski definition) is 1. The monoisotopic (exact) mass is 455 g/mol. The van der Waals surface area contributed by atoms with Gasteiger partial charge in [-0.1, -0.05) is 6.07 Å². The molecule has 0 radical (unpaired) electrons. The molecular formula is C21H22BrN5O2. The molecule has 3 rings (SSSR count). The Hall–Kier alpha value is -2.87. The average Bonchev–Trinajstić information content (AvgIpc) is 2.70. The average molecular weight is 456 g/mol. The van der Waals surface area contributed by atoms with Gasteiger partial charge in [0, 0.05) is 54.0 Å². The number of nitro groups is 1. The maximum absolute atomic E-state index is 11.5. The summed E-state index contributed by atoms with van der Waals surface area (Å²) < 4.78 is 0.978. The van der Waals surface area contributed by atoms with Gasteiger partial charge in [0.05, 0.1) is 4.92 Å². The van der Waals surface area contributed by atoms with Crippen molar-refractivity contribution >= 4 is 27.4 Å². The van der Waals surface area contributed by atoms with E-state index in [0.29, 0.717) is 18.8 Å². The van der Waals surface area contributed by atoms with Crippen molar-refractivity contribution in [3.8, 4) is 0 Å². The first-order chi connectivity index (χ1) is 14.0. The van der Waals surface area contributed by atoms with Crippen molar-refractivity contribution in [1.29, 1.82) is 0 Å². The Bertz CT molecular complexity index is 982. The highest BCUT2D eigenvalue weighted by Crippen LogP contribution is 2.24. The minimum atomic E-state index is -0.392. The van der Waals surface area contributed by atoms with Crippen LogP contribution in [0.2, 0.25) is 0 Å². The van der Waals surface area contributed by atoms with Crippen LogP contribution in [-0.4, -0.2) is 26.4 Å². The quantitative estimate of drug-likeness (QED) is 0.280. The largest absolute Gasteiger partial charge is 0.364 e. The highest BCUT2D eigenvalue weighted by atomic mass is 79.9. The fourth-order valence-electron chi connectivity index (χ4n) is 3.06. The minimum absolute atomic E-state index is 0.00295. The van der Waals surface area contributed by atoms with E-state index in [1.807, 2.05) is 19.1 Å². The van der Waals surface area contributed by atoms with E-state index in [0.717, 1.165) is 46.1 Å². The molecule has 0 aromatic carbocycles. The molecule has 3 aromatic rings. The van der Waals surface area contributed by atoms with E-state index in [1.54, 1.807) is 30.9 Å². The molecule has 150 valence electrons. The Morgan fingerprint density at radius 1 is 1.14 bits per heavy atom. The zero-order valence-electron chi connectivity index (χ0n) is 16.1. The standard InChI is InChI=1S/C21H22BrN5O2/c1-15-9-18(22)14-25-19(15)6-2-3-8-24-21-20(27(28)29)11-17(13-26-21)10-16-5-4-7-23-12-16/h4-5,7,9,11-14H,2-3,6,8,10H2,1H3,(H,24,26). The molecule has 7 nitrogen and oxygen atoms in total. The molecule has 0 bridgehead atoms. The first-order valence-electron chi connectivity index (χ1n) is 9.40. The Balaban J connectivity index is 1.55. The van der Waals surface area contributed by atoms with Crippen molar-refractivity contribution in [1.82, 2.24) is 15.0 Å². The number of unbranched alkanes of at least 4 members (excludes halogenated alkanes) is 1. The molecule has 0 aliphatic carbocycles. The molecule has 3 aromatic heterocycles. The Kier molecular flexibility index (Phi) is 7.24. The van der Waals surface area contributed by atoms with Gasteiger partial charge in [-0.2, -0.15) is 0 Å². The molecule has 29 heavy (non-hydrogen) atoms. The van der Waals surface area contributed by atoms with Gasteiger partial charge in [0.15, 0.2) is 0 Å². The van der Waals surface area contributed by atoms with E-state index in [9.17, 15) is 10.1 Å². The van der Waals surface area contributed by atoms with Crippen LogP contribution in [0.3, 0.4) is 0 Å². The van der Waals surface area contributed by atoms with Crippen LogP contribution in [0.5, 0.6) is 0 Å². The first kappa shape index (κ1) is 20.9. The second-order valence-corrected chi connectivity index (χ2v) is 7.72. The van der Waals surface area contributed by atoms with Crippen LogP contribution in [0.25, 0.3) is 0 Å². The smallest absolute Gasteiger partial charge is 0.311 e. The molecule has 0 aliphatic heterocycles. The lowest BCUT2D eigenvalue weighted by molar-refractivity contribution is -0.384. The zero-order valence-corrected chi connectivity index (χ0v) is 17.7. The minimum Gasteiger partial charge on any atom is -0.364 e. The molecular weight excluding hydrogens is 434 g/mol. The van der Waals surface area contributed by atoms with Gasteiger partial charge in [-0.3, -0.25) is 20.1 Å². The maximum Gasteiger partial charge on any atom is 0.311 e. The number of halogens is 1. The van der Waals surface area contributed by atoms with Gasteiger partial charge < -0.3 is 5.32 Å². The van der Waals surface area contributed by atoms with Crippen molar-refractivity contribution < 1.29 is 4.92 Å². The van der Waals surface area contributed by atoms with Gasteiger partial charge in [0.25, 0.3) is 0 Å². The number of pyridine rings is 3. The molecule has 0 unspecified atom stereocenters. The molecule has 3 heterocycles. The van der Waals surface area contributed by atoms with Gasteiger partial charge in [0.2, 0.25) is 5.82 Å². The SMILES string of the molecule is Cc1cc(Br)cnc1CCCCNc1ncc(Cc2cccnc2)cc1[N+](=O)[O-]. The normalized spacial score (nSPS) is 10.7. The highest BCUT2D eigenvalue weighted by Gasteiger charge is 2.16. The number of aromatic nitrogens is 3. The lowest BCUT2D eigenvalue weighted by atomic mass is 10.1. The lowest BCUT2D eigenvalue weighted by Gasteiger charge is -2.09. The number of hydrogen-bond acceptors (Lipinski definition) is 6. The molecule has 1 N–H and O–H groups in total. The van der Waals surface area contributed by atoms with Crippen LogP contribution < -0.4 is 5.32 Å². The van der Waals surface area contributed by atoms with E-state index in [-0.39, 0.29) is 5.69 Å². The van der Waals surface area contributed by atoms with Crippen molar-refractivity contribution in [2.24, 2.45) is 0 Å². The Labute approximate surface area is 177 Å². The van der Waals surface area contributed by atoms with Gasteiger partial charge in [-0.25, -0.2) is 4.98 Å². The van der Waals surface area contributed by atoms with Crippen molar-refractivity contribution in [2.75, 3.05) is 11.9 Å². The topological polar surface area (TPSA) is 93.8 Å². The van der Waals surface area contributed by atoms with E-state index in [2.05, 4.69) is 42.3 Å². The van der Waals surface area contributed by atoms with Crippen molar-refractivity contribution in [3.63, 3.8) is 0 Å². The summed E-state index contributed by atoms with van der Waals surface area (Å²) in [4.78, 5) is 23.9. The number of anilines is 1. The van der Waals surface area contributed by atoms with Gasteiger partial charge in [-0.15, -0.1) is 0 Å². The van der Waals surface area contributed by atoms with E-state index >= 15 is 0 Å². The number of nitrogens with zero attached hydrogens (tertiary/aromatic N) is 4. The third-order valence-corrected chi connectivity index (χ3v) is 4.97. The van der Waals surface area contributed by atoms with Gasteiger partial charge in [-0.05, 0) is 70.9 Å². The molecule has 8 heteroatoms. The molecule has 0 atom stereocenters. The van der Waals surface area contributed by atoms with Crippen molar-refractivity contribution in [3.05, 3.63) is 86.0 Å². The number of aryl methyl sites for hydroxylation is 2. The maximum atomic E-state index is 11.5. The fourth-order valence-corrected chi connectivity index (χ4v) is 3.51. The summed E-state index contributed by atoms with van der Waals surface area (Å²) in [7, 11) is 0. The number of rotatable bonds is 9. The summed E-state index contributed by atoms with van der Waals surface area (Å²) in [5.41, 5.74) is 4.01. The summed E-state index contributed by atoms with van der Waals surface area (Å²) >= 11 is 3.42. The third-order valence-electron chi connectivity index (χ3n) is 4.54. The molecule has 0 aliphatic rings. The summed E-state index contributed by atoms with van der Waals surface area (Å²) in [5.74, 6) is 0.308. The predicted molar refractivity (Wildman–Crippen MR) is 116 cm³/mol. The molecule has 0 spiro atoms. The zero-order chi connectivity index (χ0) is 20.6. The van der Waals surface area contributed by atoms with Crippen LogP contribution in [-0.2, 0) is 12.8 Å². The summed E-state index contributed by atoms with van der Waals surface area (Å²) in [6.07, 6.45) is 10.2. The van der Waals surface area contributed by atoms with Crippen LogP contribution in [0.15, 0.2) is 53.5 Å². The van der Waals surface area contributed by atoms with E-state index in [1.165, 1.54) is 0 Å². The fraction of sp³-hybridized carbons (Fsp3) is 0.286. The molecule has 0 amide bonds. The summed E-state index contributed by atoms with van der Waals surface area (Å²) in [6, 6.07) is 7.42. The van der Waals surface area contributed by atoms with Crippen LogP contribution in [0, 0.1) is 17.0 Å². The molecule has 0 fully saturated rings. The van der Waals surface area contributed by atoms with Crippen LogP contribution in [0.4, 0.5) is 11.5 Å². The van der Waals surface area contributed by atoms with E-state index in [4.69, 9.17) is 0 Å². The van der Waals surface area contributed by atoms with Gasteiger partial charge in [0.1, 0.15) is 0 Å². The third kappa shape index (κ3) is 6.05. The Morgan fingerprint density at radius 3 is 2.72 bits per heavy atom. The number of nitrogens with one attached hydrogen (secondary N) is 1. The van der Waals surface area contributed by atoms with E-state index < -0.39 is 4.92 Å². The second kappa shape index (κ2) is 10.1. The highest BCUT2D eigenvalue weighted by molar-refractivity contribution is 9.10. The molecule has 0 saturated heterocycles. The van der Waals surface area contributed by atoms with Crippen LogP contribution in [0.1, 0.15) is 35.2 Å². The first-order valence-corrected chi connectivity index (χ1v) is 10.2. The van der Waals surface area contributed by atoms with Gasteiger partial charge >= 0.3 is 5.69 Å². The Morgan fingerprint density at radius 2 is 2.00 bits per heavy atom. The predicted octanol–water partition coefficient (Wildman–Crippen LogP) is 4.88. The lowest BCUT2D eigenvalue weighted by Crippen LogP contribution is -2.07. The second-order valence-electron chi connectivity index (χ2n) is 6.81. The molecule has 0 saturated carbocycles. The van der Waals surface area contributed by atoms with Crippen LogP contribution >= 0.6 is 15.9 Å².